The molecule has 4 rings (SSSR count). The lowest BCUT2D eigenvalue weighted by atomic mass is 9.98. The number of likely N-dealkylation sites (tertiary alicyclic amines) is 1. The second-order valence-corrected chi connectivity index (χ2v) is 6.44. The van der Waals surface area contributed by atoms with Gasteiger partial charge in [-0.1, -0.05) is 0 Å². The molecule has 0 unspecified atom stereocenters. The van der Waals surface area contributed by atoms with Crippen LogP contribution >= 0.6 is 0 Å². The van der Waals surface area contributed by atoms with Crippen molar-refractivity contribution in [3.8, 4) is 0 Å². The predicted molar refractivity (Wildman–Crippen MR) is 89.7 cm³/mol. The molecule has 0 bridgehead atoms. The Morgan fingerprint density at radius 2 is 2.17 bits per heavy atom. The molecule has 7 nitrogen and oxygen atoms in total. The normalized spacial score (nSPS) is 18.4. The van der Waals surface area contributed by atoms with E-state index in [1.165, 1.54) is 6.42 Å². The van der Waals surface area contributed by atoms with Crippen LogP contribution in [0.2, 0.25) is 0 Å². The van der Waals surface area contributed by atoms with Crippen molar-refractivity contribution in [2.24, 2.45) is 7.05 Å². The highest BCUT2D eigenvalue weighted by molar-refractivity contribution is 6.00. The Labute approximate surface area is 140 Å². The zero-order valence-corrected chi connectivity index (χ0v) is 13.9. The van der Waals surface area contributed by atoms with E-state index < -0.39 is 0 Å². The van der Waals surface area contributed by atoms with Gasteiger partial charge in [-0.3, -0.25) is 9.48 Å². The summed E-state index contributed by atoms with van der Waals surface area (Å²) in [5.41, 5.74) is 1.55. The molecule has 1 saturated heterocycles. The maximum Gasteiger partial charge on any atom is 0.259 e. The van der Waals surface area contributed by atoms with Gasteiger partial charge in [-0.15, -0.1) is 0 Å². The van der Waals surface area contributed by atoms with E-state index in [0.717, 1.165) is 38.0 Å². The van der Waals surface area contributed by atoms with Gasteiger partial charge in [0.25, 0.3) is 5.91 Å². The number of nitrogens with zero attached hydrogens (tertiary/aromatic N) is 6. The Bertz CT molecular complexity index is 831. The van der Waals surface area contributed by atoms with Crippen molar-refractivity contribution >= 4 is 11.6 Å². The van der Waals surface area contributed by atoms with Gasteiger partial charge in [-0.25, -0.2) is 4.52 Å². The predicted octanol–water partition coefficient (Wildman–Crippen LogP) is 1.95. The van der Waals surface area contributed by atoms with Gasteiger partial charge in [0.05, 0.1) is 6.20 Å². The number of carbonyl (C=O) groups excluding carboxylic acids is 1. The molecule has 126 valence electrons. The zero-order valence-electron chi connectivity index (χ0n) is 13.9. The summed E-state index contributed by atoms with van der Waals surface area (Å²) in [6.45, 7) is 1.67. The molecule has 0 radical (unpaired) electrons. The van der Waals surface area contributed by atoms with Crippen LogP contribution in [0.25, 0.3) is 5.65 Å². The standard InChI is InChI=1S/C17H22N6O/c1-20-11-12-23-16(20)15(13-19-23)17(24)22-9-3-2-5-14(22)6-10-21-8-4-7-18-21/h4,7-8,11-14H,2-3,5-6,9-10H2,1H3/t14-/m0/s1. The van der Waals surface area contributed by atoms with E-state index in [1.54, 1.807) is 16.9 Å². The number of fused-ring (bicyclic) bond motifs is 1. The van der Waals surface area contributed by atoms with Gasteiger partial charge in [0.2, 0.25) is 0 Å². The third-order valence-electron chi connectivity index (χ3n) is 4.90. The summed E-state index contributed by atoms with van der Waals surface area (Å²) >= 11 is 0. The molecule has 0 N–H and O–H groups in total. The Morgan fingerprint density at radius 1 is 1.25 bits per heavy atom. The summed E-state index contributed by atoms with van der Waals surface area (Å²) in [5, 5.41) is 8.56. The molecule has 0 aromatic carbocycles. The minimum Gasteiger partial charge on any atom is -0.335 e. The summed E-state index contributed by atoms with van der Waals surface area (Å²) in [6, 6.07) is 2.20. The number of piperidine rings is 1. The monoisotopic (exact) mass is 326 g/mol. The van der Waals surface area contributed by atoms with Crippen LogP contribution in [0.3, 0.4) is 0 Å². The van der Waals surface area contributed by atoms with Crippen LogP contribution in [-0.2, 0) is 13.6 Å². The molecule has 3 aromatic rings. The van der Waals surface area contributed by atoms with Crippen molar-refractivity contribution in [2.45, 2.75) is 38.3 Å². The van der Waals surface area contributed by atoms with Crippen LogP contribution in [0.1, 0.15) is 36.0 Å². The lowest BCUT2D eigenvalue weighted by Crippen LogP contribution is -2.44. The fourth-order valence-corrected chi connectivity index (χ4v) is 3.64. The highest BCUT2D eigenvalue weighted by Crippen LogP contribution is 2.24. The highest BCUT2D eigenvalue weighted by Gasteiger charge is 2.29. The molecule has 0 aliphatic carbocycles. The summed E-state index contributed by atoms with van der Waals surface area (Å²) in [6.07, 6.45) is 13.5. The molecule has 1 amide bonds. The van der Waals surface area contributed by atoms with Crippen molar-refractivity contribution in [2.75, 3.05) is 6.54 Å². The second kappa shape index (κ2) is 6.14. The van der Waals surface area contributed by atoms with Gasteiger partial charge in [-0.05, 0) is 31.7 Å². The first-order chi connectivity index (χ1) is 11.7. The number of amides is 1. The first-order valence-corrected chi connectivity index (χ1v) is 8.51. The van der Waals surface area contributed by atoms with Gasteiger partial charge < -0.3 is 9.47 Å². The van der Waals surface area contributed by atoms with Crippen molar-refractivity contribution in [1.82, 2.24) is 28.9 Å². The number of aryl methyl sites for hydroxylation is 2. The molecule has 7 heteroatoms. The topological polar surface area (TPSA) is 60.4 Å². The molecule has 0 spiro atoms. The van der Waals surface area contributed by atoms with E-state index in [1.807, 2.05) is 45.9 Å². The van der Waals surface area contributed by atoms with Crippen molar-refractivity contribution in [1.29, 1.82) is 0 Å². The third kappa shape index (κ3) is 2.60. The van der Waals surface area contributed by atoms with Crippen molar-refractivity contribution in [3.05, 3.63) is 42.6 Å². The maximum absolute atomic E-state index is 13.1. The van der Waals surface area contributed by atoms with Crippen molar-refractivity contribution < 1.29 is 4.79 Å². The maximum atomic E-state index is 13.1. The van der Waals surface area contributed by atoms with Gasteiger partial charge >= 0.3 is 0 Å². The molecule has 1 aliphatic rings. The van der Waals surface area contributed by atoms with Crippen LogP contribution in [0.15, 0.2) is 37.1 Å². The van der Waals surface area contributed by atoms with Gasteiger partial charge in [0.15, 0.2) is 0 Å². The van der Waals surface area contributed by atoms with Gasteiger partial charge in [0.1, 0.15) is 11.2 Å². The molecule has 1 aliphatic heterocycles. The van der Waals surface area contributed by atoms with Crippen LogP contribution < -0.4 is 0 Å². The Morgan fingerprint density at radius 3 is 3.00 bits per heavy atom. The van der Waals surface area contributed by atoms with Crippen LogP contribution in [0.4, 0.5) is 0 Å². The Kier molecular flexibility index (Phi) is 3.84. The third-order valence-corrected chi connectivity index (χ3v) is 4.90. The average Bonchev–Trinajstić information content (AvgIpc) is 3.32. The zero-order chi connectivity index (χ0) is 16.5. The second-order valence-electron chi connectivity index (χ2n) is 6.44. The van der Waals surface area contributed by atoms with E-state index in [-0.39, 0.29) is 11.9 Å². The molecule has 3 aromatic heterocycles. The number of imidazole rings is 1. The fourth-order valence-electron chi connectivity index (χ4n) is 3.64. The first kappa shape index (κ1) is 15.0. The van der Waals surface area contributed by atoms with Crippen LogP contribution in [0, 0.1) is 0 Å². The lowest BCUT2D eigenvalue weighted by molar-refractivity contribution is 0.0595. The average molecular weight is 326 g/mol. The van der Waals surface area contributed by atoms with E-state index in [4.69, 9.17) is 0 Å². The van der Waals surface area contributed by atoms with E-state index in [2.05, 4.69) is 10.2 Å². The summed E-state index contributed by atoms with van der Waals surface area (Å²) < 4.78 is 5.64. The molecular formula is C17H22N6O. The molecular weight excluding hydrogens is 304 g/mol. The lowest BCUT2D eigenvalue weighted by Gasteiger charge is -2.35. The Balaban J connectivity index is 1.55. The van der Waals surface area contributed by atoms with E-state index >= 15 is 0 Å². The number of hydrogen-bond acceptors (Lipinski definition) is 3. The van der Waals surface area contributed by atoms with Gasteiger partial charge in [0, 0.05) is 51.0 Å². The minimum atomic E-state index is 0.0944. The number of rotatable bonds is 4. The number of aromatic nitrogens is 5. The summed E-state index contributed by atoms with van der Waals surface area (Å²) in [4.78, 5) is 15.2. The summed E-state index contributed by atoms with van der Waals surface area (Å²) in [7, 11) is 1.94. The van der Waals surface area contributed by atoms with Crippen LogP contribution in [0.5, 0.6) is 0 Å². The molecule has 0 saturated carbocycles. The number of carbonyl (C=O) groups is 1. The summed E-state index contributed by atoms with van der Waals surface area (Å²) in [5.74, 6) is 0.0944. The molecule has 24 heavy (non-hydrogen) atoms. The fraction of sp³-hybridized carbons (Fsp3) is 0.471. The highest BCUT2D eigenvalue weighted by atomic mass is 16.2. The molecule has 1 atom stereocenters. The van der Waals surface area contributed by atoms with E-state index in [9.17, 15) is 4.79 Å². The Hall–Kier alpha value is -2.57. The SMILES string of the molecule is Cn1ccn2ncc(C(=O)N3CCCC[C@H]3CCn3cccn3)c12. The molecule has 4 heterocycles. The smallest absolute Gasteiger partial charge is 0.259 e. The quantitative estimate of drug-likeness (QED) is 0.736. The van der Waals surface area contributed by atoms with Crippen LogP contribution in [-0.4, -0.2) is 47.4 Å². The van der Waals surface area contributed by atoms with E-state index in [0.29, 0.717) is 5.56 Å². The van der Waals surface area contributed by atoms with Gasteiger partial charge in [-0.2, -0.15) is 10.2 Å². The largest absolute Gasteiger partial charge is 0.335 e. The first-order valence-electron chi connectivity index (χ1n) is 8.51. The van der Waals surface area contributed by atoms with Crippen molar-refractivity contribution in [3.63, 3.8) is 0 Å². The molecule has 1 fully saturated rings. The minimum absolute atomic E-state index is 0.0944. The number of hydrogen-bond donors (Lipinski definition) is 0.